The molecule has 0 unspecified atom stereocenters. The van der Waals surface area contributed by atoms with E-state index in [1.807, 2.05) is 18.2 Å². The van der Waals surface area contributed by atoms with Crippen molar-refractivity contribution in [2.45, 2.75) is 88.4 Å². The van der Waals surface area contributed by atoms with E-state index in [4.69, 9.17) is 25.6 Å². The smallest absolute Gasteiger partial charge is 0.222 e. The number of carbonyl (C=O) groups is 1. The van der Waals surface area contributed by atoms with Crippen LogP contribution in [0.3, 0.4) is 0 Å². The fourth-order valence-electron chi connectivity index (χ4n) is 6.24. The monoisotopic (exact) mass is 517 g/mol. The Morgan fingerprint density at radius 2 is 1.94 bits per heavy atom. The highest BCUT2D eigenvalue weighted by Crippen LogP contribution is 2.34. The van der Waals surface area contributed by atoms with Crippen LogP contribution in [-0.2, 0) is 14.3 Å². The van der Waals surface area contributed by atoms with E-state index in [2.05, 4.69) is 15.4 Å². The number of fused-ring (bicyclic) bond motifs is 1. The molecule has 2 saturated heterocycles. The number of benzene rings is 1. The zero-order chi connectivity index (χ0) is 24.9. The summed E-state index contributed by atoms with van der Waals surface area (Å²) in [7, 11) is 1.72. The van der Waals surface area contributed by atoms with Crippen molar-refractivity contribution in [1.29, 1.82) is 0 Å². The minimum Gasteiger partial charge on any atom is -0.379 e. The molecule has 3 fully saturated rings. The number of rotatable bonds is 8. The number of aromatic nitrogens is 1. The highest BCUT2D eigenvalue weighted by molar-refractivity contribution is 6.31. The summed E-state index contributed by atoms with van der Waals surface area (Å²) in [5.41, 5.74) is 1.88. The quantitative estimate of drug-likeness (QED) is 0.511. The number of hydrogen-bond acceptors (Lipinski definition) is 6. The van der Waals surface area contributed by atoms with Gasteiger partial charge in [0.05, 0.1) is 30.9 Å². The van der Waals surface area contributed by atoms with E-state index in [0.29, 0.717) is 30.0 Å². The first-order valence-electron chi connectivity index (χ1n) is 13.8. The molecule has 8 heteroatoms. The molecule has 0 radical (unpaired) electrons. The van der Waals surface area contributed by atoms with Crippen LogP contribution in [0.5, 0.6) is 0 Å². The molecule has 3 heterocycles. The highest BCUT2D eigenvalue weighted by atomic mass is 35.5. The van der Waals surface area contributed by atoms with Crippen molar-refractivity contribution >= 4 is 28.5 Å². The van der Waals surface area contributed by atoms with Gasteiger partial charge in [-0.3, -0.25) is 4.79 Å². The van der Waals surface area contributed by atoms with Crippen LogP contribution in [0.1, 0.15) is 75.8 Å². The van der Waals surface area contributed by atoms with Crippen LogP contribution in [0.4, 0.5) is 0 Å². The lowest BCUT2D eigenvalue weighted by molar-refractivity contribution is -0.128. The van der Waals surface area contributed by atoms with E-state index in [0.717, 1.165) is 74.2 Å². The molecule has 1 aliphatic carbocycles. The van der Waals surface area contributed by atoms with Crippen molar-refractivity contribution in [1.82, 2.24) is 15.4 Å². The Labute approximate surface area is 219 Å². The molecule has 1 N–H and O–H groups in total. The second-order valence-electron chi connectivity index (χ2n) is 11.0. The number of nitrogens with one attached hydrogen (secondary N) is 1. The number of halogens is 1. The summed E-state index contributed by atoms with van der Waals surface area (Å²) < 4.78 is 16.7. The van der Waals surface area contributed by atoms with Crippen molar-refractivity contribution in [2.75, 3.05) is 33.4 Å². The number of methoxy groups -OCH3 is 1. The summed E-state index contributed by atoms with van der Waals surface area (Å²) >= 11 is 6.08. The molecule has 5 rings (SSSR count). The number of ether oxygens (including phenoxy) is 2. The summed E-state index contributed by atoms with van der Waals surface area (Å²) in [6, 6.07) is 6.13. The Balaban J connectivity index is 0.973. The molecule has 2 aromatic rings. The van der Waals surface area contributed by atoms with Gasteiger partial charge in [-0.2, -0.15) is 0 Å². The van der Waals surface area contributed by atoms with Crippen molar-refractivity contribution < 1.29 is 18.8 Å². The topological polar surface area (TPSA) is 76.8 Å². The predicted molar refractivity (Wildman–Crippen MR) is 140 cm³/mol. The summed E-state index contributed by atoms with van der Waals surface area (Å²) in [6.07, 6.45) is 10.7. The van der Waals surface area contributed by atoms with E-state index in [1.165, 1.54) is 25.8 Å². The predicted octanol–water partition coefficient (Wildman–Crippen LogP) is 5.31. The Bertz CT molecular complexity index is 990. The zero-order valence-electron chi connectivity index (χ0n) is 21.4. The zero-order valence-corrected chi connectivity index (χ0v) is 22.2. The van der Waals surface area contributed by atoms with E-state index >= 15 is 0 Å². The number of amides is 1. The van der Waals surface area contributed by atoms with Gasteiger partial charge in [0.2, 0.25) is 5.91 Å². The lowest BCUT2D eigenvalue weighted by Crippen LogP contribution is -2.41. The van der Waals surface area contributed by atoms with E-state index < -0.39 is 0 Å². The van der Waals surface area contributed by atoms with Crippen LogP contribution in [0.15, 0.2) is 22.7 Å². The minimum atomic E-state index is 0.0402. The second kappa shape index (κ2) is 12.2. The van der Waals surface area contributed by atoms with Crippen molar-refractivity contribution in [3.8, 4) is 0 Å². The third kappa shape index (κ3) is 6.60. The molecule has 1 amide bonds. The van der Waals surface area contributed by atoms with Crippen LogP contribution in [0, 0.1) is 5.92 Å². The molecule has 36 heavy (non-hydrogen) atoms. The van der Waals surface area contributed by atoms with E-state index in [-0.39, 0.29) is 18.1 Å². The average Bonchev–Trinajstić information content (AvgIpc) is 3.32. The SMILES string of the molecule is CO[C@@H]1CC[C@@H](CC(=O)NC2CCC(CCN3CCC(c4noc5cc(Cl)ccc45)CC3)CC2)OC1. The average molecular weight is 518 g/mol. The maximum absolute atomic E-state index is 12.5. The fourth-order valence-corrected chi connectivity index (χ4v) is 6.40. The van der Waals surface area contributed by atoms with Gasteiger partial charge in [0.15, 0.2) is 5.58 Å². The lowest BCUT2D eigenvalue weighted by atomic mass is 9.83. The van der Waals surface area contributed by atoms with E-state index in [9.17, 15) is 4.79 Å². The highest BCUT2D eigenvalue weighted by Gasteiger charge is 2.28. The maximum Gasteiger partial charge on any atom is 0.222 e. The first-order chi connectivity index (χ1) is 17.6. The third-order valence-electron chi connectivity index (χ3n) is 8.58. The van der Waals surface area contributed by atoms with Crippen LogP contribution >= 0.6 is 11.6 Å². The number of hydrogen-bond donors (Lipinski definition) is 1. The van der Waals surface area contributed by atoms with Crippen LogP contribution in [-0.4, -0.2) is 67.6 Å². The Hall–Kier alpha value is -1.67. The van der Waals surface area contributed by atoms with Gasteiger partial charge in [-0.05, 0) is 95.5 Å². The third-order valence-corrected chi connectivity index (χ3v) is 8.81. The second-order valence-corrected chi connectivity index (χ2v) is 11.4. The van der Waals surface area contributed by atoms with Crippen molar-refractivity contribution in [3.05, 3.63) is 28.9 Å². The summed E-state index contributed by atoms with van der Waals surface area (Å²) in [5.74, 6) is 1.38. The van der Waals surface area contributed by atoms with Crippen molar-refractivity contribution in [3.63, 3.8) is 0 Å². The van der Waals surface area contributed by atoms with E-state index in [1.54, 1.807) is 7.11 Å². The molecule has 1 aromatic carbocycles. The number of carbonyl (C=O) groups excluding carboxylic acids is 1. The molecular weight excluding hydrogens is 478 g/mol. The van der Waals surface area contributed by atoms with Gasteiger partial charge in [-0.25, -0.2) is 0 Å². The normalized spacial score (nSPS) is 28.4. The molecular formula is C28H40ClN3O4. The van der Waals surface area contributed by atoms with Crippen LogP contribution < -0.4 is 5.32 Å². The molecule has 198 valence electrons. The molecule has 1 aromatic heterocycles. The Morgan fingerprint density at radius 1 is 1.14 bits per heavy atom. The van der Waals surface area contributed by atoms with Gasteiger partial charge in [-0.15, -0.1) is 0 Å². The maximum atomic E-state index is 12.5. The van der Waals surface area contributed by atoms with Gasteiger partial charge in [0.25, 0.3) is 0 Å². The van der Waals surface area contributed by atoms with Crippen LogP contribution in [0.25, 0.3) is 11.0 Å². The lowest BCUT2D eigenvalue weighted by Gasteiger charge is -2.34. The molecule has 1 saturated carbocycles. The minimum absolute atomic E-state index is 0.0402. The standard InChI is InChI=1S/C28H40ClN3O4/c1-34-24-8-7-23(35-18-24)17-27(33)30-22-5-2-19(3-6-22)10-13-32-14-11-20(12-15-32)28-25-9-4-21(29)16-26(25)36-31-28/h4,9,16,19-20,22-24H,2-3,5-8,10-15,17-18H2,1H3,(H,30,33)/t19?,22?,23-,24+/m0/s1. The molecule has 2 atom stereocenters. The summed E-state index contributed by atoms with van der Waals surface area (Å²) in [6.45, 7) is 4.01. The first kappa shape index (κ1) is 26.0. The Kier molecular flexibility index (Phi) is 8.83. The van der Waals surface area contributed by atoms with Crippen LogP contribution in [0.2, 0.25) is 5.02 Å². The van der Waals surface area contributed by atoms with Crippen molar-refractivity contribution in [2.24, 2.45) is 5.92 Å². The summed E-state index contributed by atoms with van der Waals surface area (Å²) in [5, 5.41) is 9.44. The van der Waals surface area contributed by atoms with Gasteiger partial charge >= 0.3 is 0 Å². The van der Waals surface area contributed by atoms with Gasteiger partial charge in [0, 0.05) is 35.5 Å². The largest absolute Gasteiger partial charge is 0.379 e. The molecule has 0 spiro atoms. The Morgan fingerprint density at radius 3 is 2.67 bits per heavy atom. The van der Waals surface area contributed by atoms with Gasteiger partial charge < -0.3 is 24.2 Å². The first-order valence-corrected chi connectivity index (χ1v) is 14.2. The molecule has 0 bridgehead atoms. The van der Waals surface area contributed by atoms with Gasteiger partial charge in [0.1, 0.15) is 0 Å². The molecule has 7 nitrogen and oxygen atoms in total. The number of piperidine rings is 1. The van der Waals surface area contributed by atoms with Gasteiger partial charge in [-0.1, -0.05) is 16.8 Å². The number of likely N-dealkylation sites (tertiary alicyclic amines) is 1. The molecule has 3 aliphatic rings. The molecule has 2 aliphatic heterocycles. The fraction of sp³-hybridized carbons (Fsp3) is 0.714. The number of nitrogens with zero attached hydrogens (tertiary/aromatic N) is 2. The summed E-state index contributed by atoms with van der Waals surface area (Å²) in [4.78, 5) is 15.1.